The van der Waals surface area contributed by atoms with Crippen LogP contribution in [0.3, 0.4) is 0 Å². The molecule has 1 unspecified atom stereocenters. The number of benzene rings is 1. The molecule has 1 N–H and O–H groups in total. The van der Waals surface area contributed by atoms with E-state index in [1.165, 1.54) is 0 Å². The zero-order chi connectivity index (χ0) is 25.7. The summed E-state index contributed by atoms with van der Waals surface area (Å²) in [5.41, 5.74) is 1.09. The van der Waals surface area contributed by atoms with Crippen LogP contribution < -0.4 is 0 Å². The van der Waals surface area contributed by atoms with Crippen LogP contribution in [0, 0.1) is 29.6 Å². The summed E-state index contributed by atoms with van der Waals surface area (Å²) in [5.74, 6) is 0. The van der Waals surface area contributed by atoms with Gasteiger partial charge in [-0.15, -0.1) is 0 Å². The highest BCUT2D eigenvalue weighted by atomic mass is 32.2. The Kier molecular flexibility index (Phi) is 27.8. The minimum Gasteiger partial charge on any atom is -0.302 e. The maximum atomic E-state index is 10.4. The molecule has 0 spiro atoms. The van der Waals surface area contributed by atoms with Crippen molar-refractivity contribution in [2.24, 2.45) is 0 Å². The zero-order valence-corrected chi connectivity index (χ0v) is 22.0. The summed E-state index contributed by atoms with van der Waals surface area (Å²) in [6.45, 7) is 6.21. The largest absolute Gasteiger partial charge is 0.302 e. The van der Waals surface area contributed by atoms with Gasteiger partial charge in [0.05, 0.1) is 17.0 Å². The van der Waals surface area contributed by atoms with Crippen molar-refractivity contribution >= 4 is 11.1 Å². The Labute approximate surface area is 210 Å². The number of hydrogen-bond donors (Lipinski definition) is 1. The van der Waals surface area contributed by atoms with Crippen LogP contribution in [0.25, 0.3) is 0 Å². The number of hydrogen-bond acceptors (Lipinski definition) is 3. The van der Waals surface area contributed by atoms with Crippen LogP contribution in [0.1, 0.15) is 83.6 Å². The molecule has 0 radical (unpaired) electrons. The van der Waals surface area contributed by atoms with Gasteiger partial charge in [0.15, 0.2) is 11.1 Å². The molecule has 0 bridgehead atoms. The van der Waals surface area contributed by atoms with Gasteiger partial charge in [-0.05, 0) is 70.4 Å². The Hall–Kier alpha value is -2.73. The molecule has 1 aromatic carbocycles. The van der Waals surface area contributed by atoms with Gasteiger partial charge in [-0.3, -0.25) is 0 Å². The standard InChI is InChI=1S/2C11H17N.C7H8O2S/c2*1-2-3-4-5-6-7-8-9-10-11-12;1-6-2-4-7(5-3-6)10(8)9/h2*3-4,7-8H,2,5-6,9-10H2,1H3;2-5H,1H3,(H,8,9)/b4-3-,8-7?;4-3-,8-7-;. The first-order valence-corrected chi connectivity index (χ1v) is 13.1. The molecule has 5 heteroatoms. The van der Waals surface area contributed by atoms with Crippen LogP contribution in [-0.4, -0.2) is 8.76 Å². The van der Waals surface area contributed by atoms with E-state index in [4.69, 9.17) is 15.1 Å². The fourth-order valence-corrected chi connectivity index (χ4v) is 2.74. The van der Waals surface area contributed by atoms with Crippen LogP contribution in [0.4, 0.5) is 0 Å². The number of unbranched alkanes of at least 4 members (excludes halogenated alkanes) is 4. The molecule has 0 saturated carbocycles. The van der Waals surface area contributed by atoms with Gasteiger partial charge in [0, 0.05) is 12.8 Å². The molecule has 0 amide bonds. The highest BCUT2D eigenvalue weighted by molar-refractivity contribution is 7.79. The van der Waals surface area contributed by atoms with E-state index in [1.54, 1.807) is 12.1 Å². The summed E-state index contributed by atoms with van der Waals surface area (Å²) in [6, 6.07) is 11.1. The van der Waals surface area contributed by atoms with E-state index in [9.17, 15) is 4.21 Å². The second-order valence-corrected chi connectivity index (χ2v) is 8.28. The van der Waals surface area contributed by atoms with Gasteiger partial charge < -0.3 is 4.55 Å². The molecule has 0 heterocycles. The van der Waals surface area contributed by atoms with Crippen LogP contribution in [0.15, 0.2) is 77.8 Å². The molecule has 0 aliphatic carbocycles. The van der Waals surface area contributed by atoms with Crippen molar-refractivity contribution in [2.75, 3.05) is 0 Å². The molecule has 1 aromatic rings. The molecule has 0 fully saturated rings. The quantitative estimate of drug-likeness (QED) is 0.173. The normalized spacial score (nSPS) is 11.6. The third kappa shape index (κ3) is 27.3. The van der Waals surface area contributed by atoms with E-state index in [0.717, 1.165) is 56.9 Å². The zero-order valence-electron chi connectivity index (χ0n) is 21.2. The topological polar surface area (TPSA) is 84.9 Å². The predicted molar refractivity (Wildman–Crippen MR) is 146 cm³/mol. The van der Waals surface area contributed by atoms with E-state index in [2.05, 4.69) is 74.6 Å². The first-order chi connectivity index (χ1) is 16.5. The fourth-order valence-electron chi connectivity index (χ4n) is 2.38. The molecular weight excluding hydrogens is 440 g/mol. The molecule has 0 aliphatic heterocycles. The molecule has 0 aliphatic rings. The molecule has 0 aromatic heterocycles. The van der Waals surface area contributed by atoms with Gasteiger partial charge in [0.25, 0.3) is 0 Å². The van der Waals surface area contributed by atoms with Gasteiger partial charge >= 0.3 is 0 Å². The van der Waals surface area contributed by atoms with E-state index in [1.807, 2.05) is 19.1 Å². The van der Waals surface area contributed by atoms with Crippen molar-refractivity contribution in [1.29, 1.82) is 10.5 Å². The smallest absolute Gasteiger partial charge is 0.186 e. The van der Waals surface area contributed by atoms with Crippen molar-refractivity contribution in [3.05, 3.63) is 78.4 Å². The number of nitriles is 2. The summed E-state index contributed by atoms with van der Waals surface area (Å²) in [6.07, 6.45) is 27.0. The highest BCUT2D eigenvalue weighted by Gasteiger charge is 1.95. The molecule has 1 atom stereocenters. The molecule has 1 rings (SSSR count). The predicted octanol–water partition coefficient (Wildman–Crippen LogP) is 8.76. The minimum absolute atomic E-state index is 0.450. The van der Waals surface area contributed by atoms with E-state index in [-0.39, 0.29) is 0 Å². The van der Waals surface area contributed by atoms with Crippen molar-refractivity contribution in [1.82, 2.24) is 0 Å². The molecule has 0 saturated heterocycles. The minimum atomic E-state index is -1.84. The molecule has 4 nitrogen and oxygen atoms in total. The lowest BCUT2D eigenvalue weighted by atomic mass is 10.2. The molecule has 186 valence electrons. The van der Waals surface area contributed by atoms with Gasteiger partial charge in [-0.1, -0.05) is 80.2 Å². The summed E-state index contributed by atoms with van der Waals surface area (Å²) in [5, 5.41) is 16.5. The van der Waals surface area contributed by atoms with Crippen molar-refractivity contribution in [3.8, 4) is 12.1 Å². The monoisotopic (exact) mass is 482 g/mol. The van der Waals surface area contributed by atoms with Crippen LogP contribution in [0.5, 0.6) is 0 Å². The highest BCUT2D eigenvalue weighted by Crippen LogP contribution is 2.05. The average Bonchev–Trinajstić information content (AvgIpc) is 2.84. The first kappa shape index (κ1) is 33.4. The van der Waals surface area contributed by atoms with Gasteiger partial charge in [-0.25, -0.2) is 4.21 Å². The second kappa shape index (κ2) is 28.3. The first-order valence-electron chi connectivity index (χ1n) is 12.0. The third-order valence-electron chi connectivity index (χ3n) is 4.21. The Bertz CT molecular complexity index is 768. The molecule has 34 heavy (non-hydrogen) atoms. The van der Waals surface area contributed by atoms with Gasteiger partial charge in [0.1, 0.15) is 0 Å². The summed E-state index contributed by atoms with van der Waals surface area (Å²) in [7, 11) is 0. The third-order valence-corrected chi connectivity index (χ3v) is 4.88. The van der Waals surface area contributed by atoms with Gasteiger partial charge in [-0.2, -0.15) is 10.5 Å². The average molecular weight is 483 g/mol. The Balaban J connectivity index is 0. The number of aryl methyl sites for hydroxylation is 1. The lowest BCUT2D eigenvalue weighted by Crippen LogP contribution is -1.86. The van der Waals surface area contributed by atoms with Crippen molar-refractivity contribution < 1.29 is 8.76 Å². The van der Waals surface area contributed by atoms with Crippen molar-refractivity contribution in [2.45, 2.75) is 89.9 Å². The Morgan fingerprint density at radius 2 is 1.06 bits per heavy atom. The van der Waals surface area contributed by atoms with E-state index >= 15 is 0 Å². The maximum absolute atomic E-state index is 10.4. The van der Waals surface area contributed by atoms with Crippen molar-refractivity contribution in [3.63, 3.8) is 0 Å². The lowest BCUT2D eigenvalue weighted by Gasteiger charge is -1.93. The number of rotatable bonds is 13. The van der Waals surface area contributed by atoms with E-state index < -0.39 is 11.1 Å². The second-order valence-electron chi connectivity index (χ2n) is 7.31. The van der Waals surface area contributed by atoms with Crippen LogP contribution in [0.2, 0.25) is 0 Å². The lowest BCUT2D eigenvalue weighted by molar-refractivity contribution is 0.564. The van der Waals surface area contributed by atoms with Gasteiger partial charge in [0.2, 0.25) is 0 Å². The van der Waals surface area contributed by atoms with Crippen LogP contribution >= 0.6 is 0 Å². The summed E-state index contributed by atoms with van der Waals surface area (Å²) < 4.78 is 19.0. The SMILES string of the molecule is CC/C=C\CC/C=C\CCC#N.CC/C=C\CCC=CCCC#N.Cc1ccc(S(=O)O)cc1. The fraction of sp³-hybridized carbons (Fsp3) is 0.448. The number of allylic oxidation sites excluding steroid dienone is 8. The summed E-state index contributed by atoms with van der Waals surface area (Å²) in [4.78, 5) is 0.450. The maximum Gasteiger partial charge on any atom is 0.186 e. The Morgan fingerprint density at radius 1 is 0.706 bits per heavy atom. The number of nitrogens with zero attached hydrogens (tertiary/aromatic N) is 2. The summed E-state index contributed by atoms with van der Waals surface area (Å²) >= 11 is -1.84. The molecular formula is C29H42N2O2S. The van der Waals surface area contributed by atoms with Crippen LogP contribution in [-0.2, 0) is 11.1 Å². The Morgan fingerprint density at radius 3 is 1.38 bits per heavy atom. The van der Waals surface area contributed by atoms with E-state index in [0.29, 0.717) is 17.7 Å².